The molecule has 2 nitrogen and oxygen atoms in total. The molecule has 0 saturated heterocycles. The van der Waals surface area contributed by atoms with Gasteiger partial charge in [0.25, 0.3) is 0 Å². The first-order valence-corrected chi connectivity index (χ1v) is 7.39. The maximum Gasteiger partial charge on any atom is 0.0971 e. The van der Waals surface area contributed by atoms with Crippen LogP contribution in [0.5, 0.6) is 0 Å². The highest BCUT2D eigenvalue weighted by atomic mass is 79.9. The van der Waals surface area contributed by atoms with Crippen LogP contribution in [0.3, 0.4) is 0 Å². The van der Waals surface area contributed by atoms with Crippen molar-refractivity contribution >= 4 is 27.3 Å². The number of thiophene rings is 1. The van der Waals surface area contributed by atoms with Crippen molar-refractivity contribution in [3.05, 3.63) is 20.8 Å². The number of aliphatic hydroxyl groups is 2. The van der Waals surface area contributed by atoms with E-state index in [0.29, 0.717) is 0 Å². The van der Waals surface area contributed by atoms with Crippen LogP contribution in [0.15, 0.2) is 15.9 Å². The fourth-order valence-electron chi connectivity index (χ4n) is 2.55. The largest absolute Gasteiger partial charge is 0.396 e. The maximum absolute atomic E-state index is 10.5. The molecular formula is C12H17BrO2S. The molecule has 0 aliphatic heterocycles. The molecule has 1 unspecified atom stereocenters. The molecule has 1 heterocycles. The lowest BCUT2D eigenvalue weighted by Gasteiger charge is -2.39. The molecule has 0 spiro atoms. The second kappa shape index (κ2) is 5.17. The third-order valence-corrected chi connectivity index (χ3v) is 5.56. The molecule has 1 aliphatic carbocycles. The summed E-state index contributed by atoms with van der Waals surface area (Å²) in [5, 5.41) is 22.1. The Morgan fingerprint density at radius 3 is 2.56 bits per heavy atom. The summed E-state index contributed by atoms with van der Waals surface area (Å²) in [5.74, 6) is 0. The summed E-state index contributed by atoms with van der Waals surface area (Å²) in [7, 11) is 0. The van der Waals surface area contributed by atoms with E-state index in [1.807, 2.05) is 11.4 Å². The lowest BCUT2D eigenvalue weighted by molar-refractivity contribution is -0.0430. The fraction of sp³-hybridized carbons (Fsp3) is 0.667. The summed E-state index contributed by atoms with van der Waals surface area (Å²) in [6, 6.07) is 1.96. The Labute approximate surface area is 108 Å². The average Bonchev–Trinajstić information content (AvgIpc) is 2.75. The lowest BCUT2D eigenvalue weighted by atomic mass is 9.70. The summed E-state index contributed by atoms with van der Waals surface area (Å²) < 4.78 is 0.961. The van der Waals surface area contributed by atoms with Gasteiger partial charge in [-0.1, -0.05) is 19.3 Å². The van der Waals surface area contributed by atoms with Gasteiger partial charge in [-0.25, -0.2) is 0 Å². The van der Waals surface area contributed by atoms with E-state index < -0.39 is 6.10 Å². The van der Waals surface area contributed by atoms with Gasteiger partial charge in [-0.05, 0) is 40.2 Å². The topological polar surface area (TPSA) is 40.5 Å². The van der Waals surface area contributed by atoms with Gasteiger partial charge in [0.05, 0.1) is 12.7 Å². The number of rotatable bonds is 3. The zero-order chi connectivity index (χ0) is 11.6. The van der Waals surface area contributed by atoms with Gasteiger partial charge in [0.1, 0.15) is 0 Å². The molecule has 2 rings (SSSR count). The van der Waals surface area contributed by atoms with E-state index in [4.69, 9.17) is 0 Å². The summed E-state index contributed by atoms with van der Waals surface area (Å²) in [5.41, 5.74) is -0.314. The molecule has 90 valence electrons. The van der Waals surface area contributed by atoms with Crippen molar-refractivity contribution in [2.24, 2.45) is 5.41 Å². The average molecular weight is 305 g/mol. The smallest absolute Gasteiger partial charge is 0.0971 e. The minimum Gasteiger partial charge on any atom is -0.396 e. The van der Waals surface area contributed by atoms with Gasteiger partial charge < -0.3 is 10.2 Å². The third kappa shape index (κ3) is 2.21. The van der Waals surface area contributed by atoms with Crippen LogP contribution in [0.1, 0.15) is 43.1 Å². The molecular weight excluding hydrogens is 288 g/mol. The predicted molar refractivity (Wildman–Crippen MR) is 69.6 cm³/mol. The van der Waals surface area contributed by atoms with E-state index in [2.05, 4.69) is 15.9 Å². The monoisotopic (exact) mass is 304 g/mol. The second-order valence-corrected chi connectivity index (χ2v) is 6.42. The summed E-state index contributed by atoms with van der Waals surface area (Å²) in [6.07, 6.45) is 4.76. The van der Waals surface area contributed by atoms with Crippen molar-refractivity contribution in [1.82, 2.24) is 0 Å². The standard InChI is InChI=1S/C12H17BrO2S/c13-9-4-7-16-10(9)11(15)12(8-14)5-2-1-3-6-12/h4,7,11,14-15H,1-3,5-6,8H2. The number of hydrogen-bond acceptors (Lipinski definition) is 3. The van der Waals surface area contributed by atoms with Crippen LogP contribution in [0.2, 0.25) is 0 Å². The van der Waals surface area contributed by atoms with Crippen LogP contribution in [0, 0.1) is 5.41 Å². The molecule has 0 amide bonds. The van der Waals surface area contributed by atoms with Gasteiger partial charge in [-0.3, -0.25) is 0 Å². The second-order valence-electron chi connectivity index (χ2n) is 4.62. The van der Waals surface area contributed by atoms with Crippen LogP contribution in [-0.2, 0) is 0 Å². The van der Waals surface area contributed by atoms with E-state index in [0.717, 1.165) is 35.0 Å². The quantitative estimate of drug-likeness (QED) is 0.897. The molecule has 1 aromatic heterocycles. The first-order chi connectivity index (χ1) is 7.69. The molecule has 0 bridgehead atoms. The van der Waals surface area contributed by atoms with E-state index in [1.54, 1.807) is 11.3 Å². The molecule has 2 N–H and O–H groups in total. The van der Waals surface area contributed by atoms with Crippen molar-refractivity contribution in [3.8, 4) is 0 Å². The minimum atomic E-state index is -0.535. The van der Waals surface area contributed by atoms with Crippen molar-refractivity contribution in [1.29, 1.82) is 0 Å². The van der Waals surface area contributed by atoms with E-state index >= 15 is 0 Å². The minimum absolute atomic E-state index is 0.0819. The van der Waals surface area contributed by atoms with Gasteiger partial charge in [-0.2, -0.15) is 0 Å². The molecule has 1 aromatic rings. The Morgan fingerprint density at radius 2 is 2.06 bits per heavy atom. The van der Waals surface area contributed by atoms with E-state index in [9.17, 15) is 10.2 Å². The van der Waals surface area contributed by atoms with Crippen molar-refractivity contribution < 1.29 is 10.2 Å². The van der Waals surface area contributed by atoms with Crippen LogP contribution >= 0.6 is 27.3 Å². The Kier molecular flexibility index (Phi) is 4.06. The van der Waals surface area contributed by atoms with Crippen LogP contribution < -0.4 is 0 Å². The highest BCUT2D eigenvalue weighted by Crippen LogP contribution is 2.48. The normalized spacial score (nSPS) is 21.9. The summed E-state index contributed by atoms with van der Waals surface area (Å²) in [6.45, 7) is 0.0819. The third-order valence-electron chi connectivity index (χ3n) is 3.64. The molecule has 4 heteroatoms. The molecule has 0 aromatic carbocycles. The summed E-state index contributed by atoms with van der Waals surface area (Å²) in [4.78, 5) is 0.955. The summed E-state index contributed by atoms with van der Waals surface area (Å²) >= 11 is 5.01. The SMILES string of the molecule is OCC1(C(O)c2sccc2Br)CCCCC1. The van der Waals surface area contributed by atoms with Crippen LogP contribution in [0.25, 0.3) is 0 Å². The molecule has 1 aliphatic rings. The Morgan fingerprint density at radius 1 is 1.38 bits per heavy atom. The molecule has 0 radical (unpaired) electrons. The van der Waals surface area contributed by atoms with Crippen LogP contribution in [-0.4, -0.2) is 16.8 Å². The van der Waals surface area contributed by atoms with Gasteiger partial charge in [0.2, 0.25) is 0 Å². The number of aliphatic hydroxyl groups excluding tert-OH is 2. The van der Waals surface area contributed by atoms with Gasteiger partial charge in [0.15, 0.2) is 0 Å². The highest BCUT2D eigenvalue weighted by Gasteiger charge is 2.40. The zero-order valence-corrected chi connectivity index (χ0v) is 11.6. The first-order valence-electron chi connectivity index (χ1n) is 5.71. The Bertz CT molecular complexity index is 345. The lowest BCUT2D eigenvalue weighted by Crippen LogP contribution is -2.34. The maximum atomic E-state index is 10.5. The molecule has 1 saturated carbocycles. The van der Waals surface area contributed by atoms with Crippen LogP contribution in [0.4, 0.5) is 0 Å². The highest BCUT2D eigenvalue weighted by molar-refractivity contribution is 9.10. The fourth-order valence-corrected chi connectivity index (χ4v) is 4.27. The van der Waals surface area contributed by atoms with Crippen molar-refractivity contribution in [3.63, 3.8) is 0 Å². The van der Waals surface area contributed by atoms with Gasteiger partial charge in [0, 0.05) is 14.8 Å². The van der Waals surface area contributed by atoms with Gasteiger partial charge in [-0.15, -0.1) is 11.3 Å². The Hall–Kier alpha value is 0.100. The van der Waals surface area contributed by atoms with Crippen molar-refractivity contribution in [2.75, 3.05) is 6.61 Å². The predicted octanol–water partition coefficient (Wildman–Crippen LogP) is 3.49. The molecule has 1 atom stereocenters. The number of halogens is 1. The zero-order valence-electron chi connectivity index (χ0n) is 9.16. The first kappa shape index (κ1) is 12.6. The molecule has 1 fully saturated rings. The molecule has 16 heavy (non-hydrogen) atoms. The Balaban J connectivity index is 2.24. The van der Waals surface area contributed by atoms with Crippen molar-refractivity contribution in [2.45, 2.75) is 38.2 Å². The van der Waals surface area contributed by atoms with E-state index in [1.165, 1.54) is 6.42 Å². The number of hydrogen-bond donors (Lipinski definition) is 2. The van der Waals surface area contributed by atoms with E-state index in [-0.39, 0.29) is 12.0 Å². The van der Waals surface area contributed by atoms with Gasteiger partial charge >= 0.3 is 0 Å².